The zero-order chi connectivity index (χ0) is 24.5. The van der Waals surface area contributed by atoms with Gasteiger partial charge < -0.3 is 11.1 Å². The van der Waals surface area contributed by atoms with Crippen LogP contribution in [-0.4, -0.2) is 31.8 Å². The van der Waals surface area contributed by atoms with E-state index in [4.69, 9.17) is 5.73 Å². The van der Waals surface area contributed by atoms with Gasteiger partial charge in [0.2, 0.25) is 22.7 Å². The van der Waals surface area contributed by atoms with Gasteiger partial charge in [0.05, 0.1) is 11.3 Å². The number of carbonyl (C=O) groups excluding carboxylic acids is 2. The van der Waals surface area contributed by atoms with E-state index in [9.17, 15) is 31.2 Å². The number of carbonyl (C=O) groups is 2. The van der Waals surface area contributed by atoms with Gasteiger partial charge in [0.25, 0.3) is 0 Å². The van der Waals surface area contributed by atoms with Crippen molar-refractivity contribution in [1.82, 2.24) is 5.32 Å². The molecule has 2 atom stereocenters. The van der Waals surface area contributed by atoms with Crippen LogP contribution in [0.3, 0.4) is 0 Å². The van der Waals surface area contributed by atoms with Crippen molar-refractivity contribution in [1.29, 1.82) is 0 Å². The molecule has 2 unspecified atom stereocenters. The predicted octanol–water partition coefficient (Wildman–Crippen LogP) is 2.76. The molecule has 5 aliphatic carbocycles. The Bertz CT molecular complexity index is 1080. The summed E-state index contributed by atoms with van der Waals surface area (Å²) >= 11 is 0. The number of nitrogens with two attached hydrogens (primary N) is 1. The molecule has 6 rings (SSSR count). The lowest BCUT2D eigenvalue weighted by Crippen LogP contribution is -2.68. The number of halogens is 3. The summed E-state index contributed by atoms with van der Waals surface area (Å²) in [5.41, 5.74) is 1.98. The Morgan fingerprint density at radius 3 is 2.18 bits per heavy atom. The van der Waals surface area contributed by atoms with Crippen molar-refractivity contribution in [2.45, 2.75) is 69.1 Å². The molecule has 5 saturated carbocycles. The SMILES string of the molecule is NC(=O)C12CC3CC(C1)C(NC(=O)C1(N(c4ccccc4C(F)(F)F)[SH](=O)=O)CCC1)C(C3)C2. The van der Waals surface area contributed by atoms with E-state index in [-0.39, 0.29) is 36.6 Å². The molecule has 186 valence electrons. The van der Waals surface area contributed by atoms with Crippen LogP contribution < -0.4 is 15.4 Å². The molecule has 5 aliphatic rings. The van der Waals surface area contributed by atoms with Crippen LogP contribution in [0.4, 0.5) is 18.9 Å². The van der Waals surface area contributed by atoms with Crippen molar-refractivity contribution in [3.8, 4) is 0 Å². The summed E-state index contributed by atoms with van der Waals surface area (Å²) in [5.74, 6) is -0.374. The van der Waals surface area contributed by atoms with Crippen molar-refractivity contribution in [2.24, 2.45) is 28.9 Å². The van der Waals surface area contributed by atoms with Crippen LogP contribution in [0.1, 0.15) is 56.9 Å². The molecule has 11 heteroatoms. The number of para-hydroxylation sites is 1. The smallest absolute Gasteiger partial charge is 0.369 e. The van der Waals surface area contributed by atoms with E-state index in [1.165, 1.54) is 12.1 Å². The van der Waals surface area contributed by atoms with Gasteiger partial charge in [0.1, 0.15) is 5.54 Å². The van der Waals surface area contributed by atoms with E-state index in [0.29, 0.717) is 29.5 Å². The van der Waals surface area contributed by atoms with Gasteiger partial charge in [0.15, 0.2) is 0 Å². The Balaban J connectivity index is 1.45. The molecule has 1 aromatic carbocycles. The zero-order valence-corrected chi connectivity index (χ0v) is 19.4. The largest absolute Gasteiger partial charge is 0.418 e. The molecule has 0 aliphatic heterocycles. The number of nitrogens with zero attached hydrogens (tertiary/aromatic N) is 1. The first-order valence-corrected chi connectivity index (χ1v) is 12.8. The van der Waals surface area contributed by atoms with Crippen LogP contribution in [0.25, 0.3) is 0 Å². The number of hydrogen-bond donors (Lipinski definition) is 3. The van der Waals surface area contributed by atoms with Crippen LogP contribution in [-0.2, 0) is 26.7 Å². The van der Waals surface area contributed by atoms with Gasteiger partial charge in [-0.15, -0.1) is 0 Å². The van der Waals surface area contributed by atoms with Crippen LogP contribution in [0.15, 0.2) is 24.3 Å². The van der Waals surface area contributed by atoms with Crippen LogP contribution in [0.5, 0.6) is 0 Å². The highest BCUT2D eigenvalue weighted by Crippen LogP contribution is 2.60. The molecule has 7 nitrogen and oxygen atoms in total. The maximum absolute atomic E-state index is 13.7. The molecule has 0 aromatic heterocycles. The van der Waals surface area contributed by atoms with E-state index in [1.54, 1.807) is 0 Å². The number of primary amides is 1. The van der Waals surface area contributed by atoms with E-state index >= 15 is 0 Å². The zero-order valence-electron chi connectivity index (χ0n) is 18.5. The summed E-state index contributed by atoms with van der Waals surface area (Å²) in [4.78, 5) is 25.8. The number of alkyl halides is 3. The molecule has 5 fully saturated rings. The van der Waals surface area contributed by atoms with Crippen LogP contribution in [0.2, 0.25) is 0 Å². The summed E-state index contributed by atoms with van der Waals surface area (Å²) in [5, 5.41) is 3.04. The van der Waals surface area contributed by atoms with Crippen molar-refractivity contribution in [3.63, 3.8) is 0 Å². The summed E-state index contributed by atoms with van der Waals surface area (Å²) in [6.45, 7) is 0. The molecule has 1 aromatic rings. The fraction of sp³-hybridized carbons (Fsp3) is 0.652. The summed E-state index contributed by atoms with van der Waals surface area (Å²) < 4.78 is 66.4. The van der Waals surface area contributed by atoms with E-state index < -0.39 is 45.2 Å². The van der Waals surface area contributed by atoms with Crippen LogP contribution in [0, 0.1) is 23.2 Å². The minimum atomic E-state index is -4.77. The Labute approximate surface area is 197 Å². The second kappa shape index (κ2) is 7.86. The quantitative estimate of drug-likeness (QED) is 0.523. The maximum atomic E-state index is 13.7. The minimum Gasteiger partial charge on any atom is -0.369 e. The fourth-order valence-corrected chi connectivity index (χ4v) is 8.22. The molecule has 34 heavy (non-hydrogen) atoms. The van der Waals surface area contributed by atoms with Crippen molar-refractivity contribution >= 4 is 28.4 Å². The Kier molecular flexibility index (Phi) is 5.42. The second-order valence-corrected chi connectivity index (χ2v) is 11.4. The normalized spacial score (nSPS) is 33.4. The molecule has 3 N–H and O–H groups in total. The Morgan fingerprint density at radius 2 is 1.68 bits per heavy atom. The lowest BCUT2D eigenvalue weighted by Gasteiger charge is -2.59. The number of nitrogens with one attached hydrogen (secondary N) is 1. The number of benzene rings is 1. The minimum absolute atomic E-state index is 0.0525. The number of hydrogen-bond acceptors (Lipinski definition) is 4. The van der Waals surface area contributed by atoms with Gasteiger partial charge >= 0.3 is 6.18 Å². The first-order chi connectivity index (χ1) is 16.0. The highest BCUT2D eigenvalue weighted by molar-refractivity contribution is 7.74. The average Bonchev–Trinajstić information content (AvgIpc) is 2.71. The lowest BCUT2D eigenvalue weighted by molar-refractivity contribution is -0.149. The topological polar surface area (TPSA) is 110 Å². The third kappa shape index (κ3) is 3.49. The molecular weight excluding hydrogens is 471 g/mol. The van der Waals surface area contributed by atoms with Gasteiger partial charge in [-0.2, -0.15) is 13.2 Å². The predicted molar refractivity (Wildman–Crippen MR) is 118 cm³/mol. The molecular formula is C23H28F3N3O4S. The Hall–Kier alpha value is -2.30. The molecule has 0 heterocycles. The van der Waals surface area contributed by atoms with Gasteiger partial charge in [-0.3, -0.25) is 13.9 Å². The van der Waals surface area contributed by atoms with Crippen molar-refractivity contribution < 1.29 is 31.2 Å². The van der Waals surface area contributed by atoms with E-state index in [0.717, 1.165) is 31.4 Å². The van der Waals surface area contributed by atoms with Gasteiger partial charge in [-0.1, -0.05) is 12.1 Å². The number of rotatable bonds is 6. The average molecular weight is 500 g/mol. The van der Waals surface area contributed by atoms with Crippen LogP contribution >= 0.6 is 0 Å². The highest BCUT2D eigenvalue weighted by atomic mass is 32.2. The lowest BCUT2D eigenvalue weighted by atomic mass is 9.47. The van der Waals surface area contributed by atoms with Crippen molar-refractivity contribution in [3.05, 3.63) is 29.8 Å². The summed E-state index contributed by atoms with van der Waals surface area (Å²) in [6.07, 6.45) is -0.280. The fourth-order valence-electron chi connectivity index (χ4n) is 7.27. The Morgan fingerprint density at radius 1 is 1.06 bits per heavy atom. The molecule has 0 saturated heterocycles. The highest BCUT2D eigenvalue weighted by Gasteiger charge is 2.60. The second-order valence-electron chi connectivity index (χ2n) is 10.6. The third-order valence-corrected chi connectivity index (χ3v) is 9.63. The van der Waals surface area contributed by atoms with E-state index in [1.807, 2.05) is 0 Å². The number of amides is 2. The van der Waals surface area contributed by atoms with Gasteiger partial charge in [-0.05, 0) is 81.3 Å². The van der Waals surface area contributed by atoms with Crippen molar-refractivity contribution in [2.75, 3.05) is 4.31 Å². The maximum Gasteiger partial charge on any atom is 0.418 e. The monoisotopic (exact) mass is 499 g/mol. The standard InChI is InChI=1S/C23H28F3N3O4S/c24-23(25,26)16-4-1-2-5-17(16)29(34(32)33)22(6-3-7-22)20(31)28-18-14-8-13-9-15(18)12-21(10-13,11-14)19(27)30/h1-2,4-5,13-15,18,34H,3,6-12H2,(H2,27,30)(H,28,31). The number of thiol groups is 1. The summed E-state index contributed by atoms with van der Waals surface area (Å²) in [7, 11) is -3.52. The number of anilines is 1. The molecule has 4 bridgehead atoms. The molecule has 0 spiro atoms. The van der Waals surface area contributed by atoms with Gasteiger partial charge in [0, 0.05) is 11.5 Å². The van der Waals surface area contributed by atoms with Gasteiger partial charge in [-0.25, -0.2) is 8.42 Å². The molecule has 2 amide bonds. The van der Waals surface area contributed by atoms with E-state index in [2.05, 4.69) is 5.32 Å². The summed E-state index contributed by atoms with van der Waals surface area (Å²) in [6, 6.07) is 4.21. The first-order valence-electron chi connectivity index (χ1n) is 11.7. The molecule has 0 radical (unpaired) electrons. The first kappa shape index (κ1) is 23.4. The third-order valence-electron chi connectivity index (χ3n) is 8.70.